The van der Waals surface area contributed by atoms with Crippen molar-refractivity contribution in [2.45, 2.75) is 24.2 Å². The number of terminal acetylenes is 1. The van der Waals surface area contributed by atoms with Crippen LogP contribution >= 0.6 is 34.7 Å². The molecular weight excluding hydrogens is 537 g/mol. The molecule has 33 heavy (non-hydrogen) atoms. The maximum Gasteiger partial charge on any atom is 0.488 e. The molecule has 0 aromatic carbocycles. The Labute approximate surface area is 188 Å². The van der Waals surface area contributed by atoms with Crippen LogP contribution < -0.4 is 11.2 Å². The van der Waals surface area contributed by atoms with Crippen molar-refractivity contribution in [3.8, 4) is 12.3 Å². The van der Waals surface area contributed by atoms with Crippen molar-refractivity contribution < 1.29 is 61.2 Å². The highest BCUT2D eigenvalue weighted by Gasteiger charge is 2.57. The second-order valence-corrected chi connectivity index (χ2v) is 12.0. The first-order chi connectivity index (χ1) is 15.0. The topological polar surface area (TPSA) is 253 Å². The number of hydrogen-bond acceptors (Lipinski definition) is 12. The molecule has 0 aliphatic carbocycles. The molecule has 0 radical (unpaired) electrons. The predicted octanol–water partition coefficient (Wildman–Crippen LogP) is -1.59. The van der Waals surface area contributed by atoms with Gasteiger partial charge in [0, 0.05) is 12.3 Å². The summed E-state index contributed by atoms with van der Waals surface area (Å²) in [7, 11) is -11.2. The smallest absolute Gasteiger partial charge is 0.385 e. The first-order valence-electron chi connectivity index (χ1n) is 8.22. The van der Waals surface area contributed by atoms with Gasteiger partial charge < -0.3 is 34.4 Å². The number of nitrogens with zero attached hydrogens (tertiary/aromatic N) is 1. The average Bonchev–Trinajstić information content (AvgIpc) is 2.88. The summed E-state index contributed by atoms with van der Waals surface area (Å²) >= 11 is 3.36. The monoisotopic (exact) mass is 554 g/mol. The Morgan fingerprint density at radius 2 is 1.88 bits per heavy atom. The zero-order chi connectivity index (χ0) is 25.2. The van der Waals surface area contributed by atoms with Crippen LogP contribution in [0.5, 0.6) is 0 Å². The van der Waals surface area contributed by atoms with Crippen molar-refractivity contribution in [3.63, 3.8) is 0 Å². The first-order valence-corrected chi connectivity index (χ1v) is 13.9. The maximum atomic E-state index is 12.3. The molecule has 0 spiro atoms. The second kappa shape index (κ2) is 10.2. The molecule has 1 saturated heterocycles. The van der Waals surface area contributed by atoms with Crippen LogP contribution in [0, 0.1) is 12.3 Å². The molecule has 17 nitrogen and oxygen atoms in total. The number of aromatic amines is 1. The summed E-state index contributed by atoms with van der Waals surface area (Å²) in [5.41, 5.74) is -1.83. The number of phosphoric acid groups is 2. The van der Waals surface area contributed by atoms with Gasteiger partial charge in [-0.3, -0.25) is 18.9 Å². The Morgan fingerprint density at radius 3 is 2.42 bits per heavy atom. The van der Waals surface area contributed by atoms with Gasteiger partial charge in [0.1, 0.15) is 25.4 Å². The van der Waals surface area contributed by atoms with E-state index in [1.165, 1.54) is 0 Å². The van der Waals surface area contributed by atoms with Gasteiger partial charge in [-0.2, -0.15) is 8.62 Å². The SMILES string of the molecule is C#CCO[C@]1(COP(=O)(S)OP(=O)(O)OP(=O)(O)O)O[C@@H](n2ccc(=O)[nH]c2=O)[C@H](O)[C@@H]1O. The largest absolute Gasteiger partial charge is 0.488 e. The quantitative estimate of drug-likeness (QED) is 0.0978. The number of aromatic nitrogens is 2. The molecule has 1 aromatic heterocycles. The van der Waals surface area contributed by atoms with Crippen LogP contribution in [0.15, 0.2) is 21.9 Å². The molecule has 6 atom stereocenters. The maximum absolute atomic E-state index is 12.3. The van der Waals surface area contributed by atoms with E-state index in [2.05, 4.69) is 20.9 Å². The van der Waals surface area contributed by atoms with Crippen molar-refractivity contribution in [1.29, 1.82) is 0 Å². The van der Waals surface area contributed by atoms with Crippen molar-refractivity contribution in [3.05, 3.63) is 33.1 Å². The van der Waals surface area contributed by atoms with Gasteiger partial charge in [0.05, 0.1) is 0 Å². The molecule has 0 bridgehead atoms. The molecule has 1 aliphatic heterocycles. The van der Waals surface area contributed by atoms with E-state index in [0.29, 0.717) is 4.57 Å². The van der Waals surface area contributed by atoms with Crippen LogP contribution in [0.2, 0.25) is 0 Å². The van der Waals surface area contributed by atoms with Gasteiger partial charge in [0.25, 0.3) is 5.56 Å². The third-order valence-corrected chi connectivity index (χ3v) is 8.54. The minimum absolute atomic E-state index is 0.599. The molecule has 186 valence electrons. The van der Waals surface area contributed by atoms with Crippen molar-refractivity contribution in [1.82, 2.24) is 9.55 Å². The Hall–Kier alpha value is -1.12. The zero-order valence-corrected chi connectivity index (χ0v) is 19.5. The minimum Gasteiger partial charge on any atom is -0.385 e. The molecule has 1 fully saturated rings. The van der Waals surface area contributed by atoms with Gasteiger partial charge in [-0.25, -0.2) is 18.5 Å². The van der Waals surface area contributed by atoms with Crippen molar-refractivity contribution >= 4 is 34.7 Å². The Bertz CT molecular complexity index is 1170. The lowest BCUT2D eigenvalue weighted by atomic mass is 10.1. The van der Waals surface area contributed by atoms with E-state index in [-0.39, 0.29) is 0 Å². The first kappa shape index (κ1) is 28.1. The predicted molar refractivity (Wildman–Crippen MR) is 108 cm³/mol. The van der Waals surface area contributed by atoms with Crippen LogP contribution in [-0.4, -0.2) is 65.7 Å². The zero-order valence-electron chi connectivity index (χ0n) is 15.9. The molecule has 2 heterocycles. The molecule has 0 amide bonds. The summed E-state index contributed by atoms with van der Waals surface area (Å²) in [5, 5.41) is 20.8. The fourth-order valence-corrected chi connectivity index (χ4v) is 6.57. The number of hydrogen-bond donors (Lipinski definition) is 7. The number of aliphatic hydroxyl groups excluding tert-OH is 2. The Morgan fingerprint density at radius 1 is 1.24 bits per heavy atom. The summed E-state index contributed by atoms with van der Waals surface area (Å²) in [6, 6.07) is 0.901. The van der Waals surface area contributed by atoms with E-state index >= 15 is 0 Å². The van der Waals surface area contributed by atoms with Gasteiger partial charge in [0.2, 0.25) is 5.79 Å². The highest BCUT2D eigenvalue weighted by Crippen LogP contribution is 2.70. The van der Waals surface area contributed by atoms with E-state index in [1.54, 1.807) is 0 Å². The summed E-state index contributed by atoms with van der Waals surface area (Å²) in [4.78, 5) is 51.6. The summed E-state index contributed by atoms with van der Waals surface area (Å²) in [6.07, 6.45) is 0.335. The van der Waals surface area contributed by atoms with Crippen molar-refractivity contribution in [2.75, 3.05) is 13.2 Å². The molecule has 0 saturated carbocycles. The van der Waals surface area contributed by atoms with E-state index in [9.17, 15) is 38.4 Å². The van der Waals surface area contributed by atoms with Crippen LogP contribution in [-0.2, 0) is 36.3 Å². The number of H-pyrrole nitrogens is 1. The Kier molecular flexibility index (Phi) is 8.73. The molecule has 2 unspecified atom stereocenters. The van der Waals surface area contributed by atoms with E-state index in [1.807, 2.05) is 10.9 Å². The van der Waals surface area contributed by atoms with Crippen LogP contribution in [0.3, 0.4) is 0 Å². The second-order valence-electron chi connectivity index (χ2n) is 6.13. The molecule has 1 aliphatic rings. The molecular formula is C12H17N2O15P3S. The van der Waals surface area contributed by atoms with Crippen molar-refractivity contribution in [2.24, 2.45) is 0 Å². The lowest BCUT2D eigenvalue weighted by Gasteiger charge is -2.31. The molecule has 1 aromatic rings. The van der Waals surface area contributed by atoms with E-state index in [0.717, 1.165) is 12.3 Å². The molecule has 6 N–H and O–H groups in total. The lowest BCUT2D eigenvalue weighted by molar-refractivity contribution is -0.273. The number of rotatable bonds is 10. The number of aliphatic hydroxyl groups is 2. The van der Waals surface area contributed by atoms with Gasteiger partial charge >= 0.3 is 28.1 Å². The number of ether oxygens (including phenoxy) is 2. The average molecular weight is 554 g/mol. The molecule has 2 rings (SSSR count). The third kappa shape index (κ3) is 7.43. The fourth-order valence-electron chi connectivity index (χ4n) is 2.53. The van der Waals surface area contributed by atoms with Gasteiger partial charge in [-0.15, -0.1) is 6.42 Å². The third-order valence-electron chi connectivity index (χ3n) is 3.76. The minimum atomic E-state index is -5.67. The van der Waals surface area contributed by atoms with Gasteiger partial charge in [0.15, 0.2) is 6.23 Å². The van der Waals surface area contributed by atoms with Crippen LogP contribution in [0.25, 0.3) is 0 Å². The highest BCUT2D eigenvalue weighted by atomic mass is 32.7. The van der Waals surface area contributed by atoms with Crippen LogP contribution in [0.4, 0.5) is 0 Å². The normalized spacial score (nSPS) is 29.2. The fraction of sp³-hybridized carbons (Fsp3) is 0.500. The van der Waals surface area contributed by atoms with Gasteiger partial charge in [-0.1, -0.05) is 18.2 Å². The van der Waals surface area contributed by atoms with Crippen LogP contribution in [0.1, 0.15) is 6.23 Å². The number of nitrogens with one attached hydrogen (secondary N) is 1. The highest BCUT2D eigenvalue weighted by molar-refractivity contribution is 8.45. The lowest BCUT2D eigenvalue weighted by Crippen LogP contribution is -2.49. The standard InChI is InChI=1S/C12H17N2O15P3S/c1-2-5-25-12(6-26-32(24,33)29-31(22,23)28-30(19,20)21)9(17)8(16)10(27-12)14-4-3-7(15)13-11(14)18/h1,3-4,8-10,16-17H,5-6H2,(H,22,23)(H,24,33)(H,13,15,18)(H2,19,20,21)/t8-,9+,10-,12-,32?/m1/s1. The molecule has 21 heteroatoms. The van der Waals surface area contributed by atoms with E-state index in [4.69, 9.17) is 30.2 Å². The van der Waals surface area contributed by atoms with Gasteiger partial charge in [-0.05, 0) is 0 Å². The summed E-state index contributed by atoms with van der Waals surface area (Å²) in [6.45, 7) is -6.77. The Balaban J connectivity index is 2.29. The summed E-state index contributed by atoms with van der Waals surface area (Å²) < 4.78 is 58.0. The number of thiol groups is 1. The summed E-state index contributed by atoms with van der Waals surface area (Å²) in [5.74, 6) is -0.463. The van der Waals surface area contributed by atoms with E-state index < -0.39 is 71.1 Å².